The molecule has 2 heterocycles. The maximum atomic E-state index is 13.3. The molecule has 0 aromatic heterocycles. The largest absolute Gasteiger partial charge is 0.367 e. The minimum absolute atomic E-state index is 0.0187. The van der Waals surface area contributed by atoms with Gasteiger partial charge in [-0.05, 0) is 55.2 Å². The molecular weight excluding hydrogens is 346 g/mol. The predicted molar refractivity (Wildman–Crippen MR) is 110 cm³/mol. The average Bonchev–Trinajstić information content (AvgIpc) is 2.72. The van der Waals surface area contributed by atoms with Gasteiger partial charge in [0, 0.05) is 31.1 Å². The van der Waals surface area contributed by atoms with Gasteiger partial charge in [-0.25, -0.2) is 0 Å². The molecule has 1 saturated carbocycles. The van der Waals surface area contributed by atoms with Crippen molar-refractivity contribution in [1.82, 2.24) is 0 Å². The van der Waals surface area contributed by atoms with E-state index in [1.165, 1.54) is 16.8 Å². The van der Waals surface area contributed by atoms with Crippen molar-refractivity contribution < 1.29 is 9.59 Å². The smallest absolute Gasteiger partial charge is 0.148 e. The van der Waals surface area contributed by atoms with E-state index in [9.17, 15) is 9.59 Å². The Hall–Kier alpha value is -2.42. The van der Waals surface area contributed by atoms with Gasteiger partial charge < -0.3 is 4.90 Å². The number of benzene rings is 2. The highest BCUT2D eigenvalue weighted by atomic mass is 16.2. The van der Waals surface area contributed by atoms with E-state index in [4.69, 9.17) is 0 Å². The second kappa shape index (κ2) is 6.88. The molecule has 0 radical (unpaired) electrons. The van der Waals surface area contributed by atoms with Crippen LogP contribution in [0.1, 0.15) is 43.2 Å². The van der Waals surface area contributed by atoms with Crippen LogP contribution >= 0.6 is 0 Å². The number of para-hydroxylation sites is 1. The fourth-order valence-corrected chi connectivity index (χ4v) is 5.87. The molecule has 2 aliphatic heterocycles. The average molecular weight is 373 g/mol. The number of ketones is 2. The fraction of sp³-hybridized carbons (Fsp3) is 0.440. The van der Waals surface area contributed by atoms with Crippen molar-refractivity contribution in [3.8, 4) is 0 Å². The van der Waals surface area contributed by atoms with Crippen LogP contribution in [-0.2, 0) is 22.4 Å². The standard InChI is InChI=1S/C25H27NO2/c27-23-11-6-12-24(28)25(23)17-20-9-4-5-10-21(20)26-14-13-19(16-22(25)26)15-18-7-2-1-3-8-18/h1-5,7-10,19,22H,6,11-17H2/t19-,22+/m1/s1. The van der Waals surface area contributed by atoms with Crippen molar-refractivity contribution in [3.05, 3.63) is 65.7 Å². The van der Waals surface area contributed by atoms with Crippen LogP contribution in [0.4, 0.5) is 5.69 Å². The zero-order chi connectivity index (χ0) is 19.1. The van der Waals surface area contributed by atoms with Crippen LogP contribution in [0, 0.1) is 11.3 Å². The van der Waals surface area contributed by atoms with Crippen LogP contribution < -0.4 is 4.90 Å². The minimum Gasteiger partial charge on any atom is -0.367 e. The molecule has 28 heavy (non-hydrogen) atoms. The number of rotatable bonds is 2. The van der Waals surface area contributed by atoms with Gasteiger partial charge in [-0.1, -0.05) is 48.5 Å². The van der Waals surface area contributed by atoms with Gasteiger partial charge in [0.05, 0.1) is 0 Å². The summed E-state index contributed by atoms with van der Waals surface area (Å²) in [6, 6.07) is 19.0. The lowest BCUT2D eigenvalue weighted by molar-refractivity contribution is -0.146. The molecule has 144 valence electrons. The second-order valence-corrected chi connectivity index (χ2v) is 8.77. The lowest BCUT2D eigenvalue weighted by atomic mass is 9.59. The molecule has 3 heteroatoms. The Morgan fingerprint density at radius 1 is 0.929 bits per heavy atom. The lowest BCUT2D eigenvalue weighted by Gasteiger charge is -2.54. The van der Waals surface area contributed by atoms with Crippen molar-refractivity contribution >= 4 is 17.3 Å². The number of piperidine rings is 1. The minimum atomic E-state index is -0.817. The predicted octanol–water partition coefficient (Wildman–Crippen LogP) is 4.38. The first-order valence-corrected chi connectivity index (χ1v) is 10.6. The maximum Gasteiger partial charge on any atom is 0.148 e. The van der Waals surface area contributed by atoms with E-state index in [0.29, 0.717) is 25.2 Å². The van der Waals surface area contributed by atoms with E-state index in [2.05, 4.69) is 53.4 Å². The molecule has 1 spiro atoms. The fourth-order valence-electron chi connectivity index (χ4n) is 5.87. The third-order valence-corrected chi connectivity index (χ3v) is 7.22. The molecule has 2 fully saturated rings. The first kappa shape index (κ1) is 17.7. The van der Waals surface area contributed by atoms with Crippen LogP contribution in [0.25, 0.3) is 0 Å². The van der Waals surface area contributed by atoms with Gasteiger partial charge in [0.25, 0.3) is 0 Å². The van der Waals surface area contributed by atoms with Crippen molar-refractivity contribution in [1.29, 1.82) is 0 Å². The highest BCUT2D eigenvalue weighted by Gasteiger charge is 2.57. The molecule has 5 rings (SSSR count). The summed E-state index contributed by atoms with van der Waals surface area (Å²) < 4.78 is 0. The van der Waals surface area contributed by atoms with Gasteiger partial charge in [-0.3, -0.25) is 9.59 Å². The van der Waals surface area contributed by atoms with E-state index in [1.54, 1.807) is 0 Å². The summed E-state index contributed by atoms with van der Waals surface area (Å²) in [6.07, 6.45) is 5.51. The molecular formula is C25H27NO2. The maximum absolute atomic E-state index is 13.3. The Labute approximate surface area is 166 Å². The summed E-state index contributed by atoms with van der Waals surface area (Å²) in [6.45, 7) is 0.932. The van der Waals surface area contributed by atoms with Gasteiger partial charge >= 0.3 is 0 Å². The summed E-state index contributed by atoms with van der Waals surface area (Å²) in [5.74, 6) is 0.899. The number of nitrogens with zero attached hydrogens (tertiary/aromatic N) is 1. The number of fused-ring (bicyclic) bond motifs is 4. The topological polar surface area (TPSA) is 37.4 Å². The number of hydrogen-bond donors (Lipinski definition) is 0. The Morgan fingerprint density at radius 3 is 2.43 bits per heavy atom. The van der Waals surface area contributed by atoms with Crippen molar-refractivity contribution in [2.24, 2.45) is 11.3 Å². The zero-order valence-electron chi connectivity index (χ0n) is 16.3. The molecule has 2 aromatic rings. The van der Waals surface area contributed by atoms with Gasteiger partial charge in [-0.2, -0.15) is 0 Å². The van der Waals surface area contributed by atoms with Gasteiger partial charge in [-0.15, -0.1) is 0 Å². The summed E-state index contributed by atoms with van der Waals surface area (Å²) in [5.41, 5.74) is 2.95. The number of hydrogen-bond acceptors (Lipinski definition) is 3. The highest BCUT2D eigenvalue weighted by molar-refractivity contribution is 6.11. The molecule has 1 aliphatic carbocycles. The Morgan fingerprint density at radius 2 is 1.64 bits per heavy atom. The van der Waals surface area contributed by atoms with Crippen LogP contribution in [0.15, 0.2) is 54.6 Å². The van der Waals surface area contributed by atoms with Crippen LogP contribution in [-0.4, -0.2) is 24.2 Å². The van der Waals surface area contributed by atoms with Gasteiger partial charge in [0.1, 0.15) is 17.0 Å². The molecule has 3 nitrogen and oxygen atoms in total. The van der Waals surface area contributed by atoms with Crippen molar-refractivity contribution in [2.45, 2.75) is 51.0 Å². The Balaban J connectivity index is 1.53. The highest BCUT2D eigenvalue weighted by Crippen LogP contribution is 2.50. The molecule has 0 N–H and O–H groups in total. The second-order valence-electron chi connectivity index (χ2n) is 8.77. The molecule has 0 bridgehead atoms. The molecule has 2 atom stereocenters. The van der Waals surface area contributed by atoms with Crippen LogP contribution in [0.5, 0.6) is 0 Å². The third-order valence-electron chi connectivity index (χ3n) is 7.22. The Bertz CT molecular complexity index is 888. The first-order chi connectivity index (χ1) is 13.7. The SMILES string of the molecule is O=C1CCCC(=O)C12Cc1ccccc1N1CC[C@H](Cc3ccccc3)C[C@H]12. The monoisotopic (exact) mass is 373 g/mol. The zero-order valence-corrected chi connectivity index (χ0v) is 16.3. The van der Waals surface area contributed by atoms with Crippen LogP contribution in [0.3, 0.4) is 0 Å². The third kappa shape index (κ3) is 2.71. The molecule has 0 unspecified atom stereocenters. The van der Waals surface area contributed by atoms with E-state index in [0.717, 1.165) is 32.2 Å². The van der Waals surface area contributed by atoms with Crippen molar-refractivity contribution in [2.75, 3.05) is 11.4 Å². The Kier molecular flexibility index (Phi) is 4.34. The normalized spacial score (nSPS) is 26.1. The number of carbonyl (C=O) groups excluding carboxylic acids is 2. The number of carbonyl (C=O) groups is 2. The first-order valence-electron chi connectivity index (χ1n) is 10.6. The molecule has 0 amide bonds. The van der Waals surface area contributed by atoms with E-state index in [1.807, 2.05) is 6.07 Å². The lowest BCUT2D eigenvalue weighted by Crippen LogP contribution is -2.64. The van der Waals surface area contributed by atoms with E-state index >= 15 is 0 Å². The number of Topliss-reactive ketones (excluding diaryl/α,β-unsaturated/α-hetero) is 2. The molecule has 2 aromatic carbocycles. The molecule has 1 saturated heterocycles. The van der Waals surface area contributed by atoms with Crippen molar-refractivity contribution in [3.63, 3.8) is 0 Å². The van der Waals surface area contributed by atoms with E-state index in [-0.39, 0.29) is 17.6 Å². The summed E-state index contributed by atoms with van der Waals surface area (Å²) in [7, 11) is 0. The van der Waals surface area contributed by atoms with E-state index < -0.39 is 5.41 Å². The van der Waals surface area contributed by atoms with Gasteiger partial charge in [0.2, 0.25) is 0 Å². The summed E-state index contributed by atoms with van der Waals surface area (Å²) in [4.78, 5) is 28.9. The summed E-state index contributed by atoms with van der Waals surface area (Å²) >= 11 is 0. The summed E-state index contributed by atoms with van der Waals surface area (Å²) in [5, 5.41) is 0. The number of anilines is 1. The van der Waals surface area contributed by atoms with Crippen LogP contribution in [0.2, 0.25) is 0 Å². The quantitative estimate of drug-likeness (QED) is 0.733. The van der Waals surface area contributed by atoms with Gasteiger partial charge in [0.15, 0.2) is 0 Å². The molecule has 3 aliphatic rings.